The number of aromatic amines is 2. The molecule has 10 nitrogen and oxygen atoms in total. The Morgan fingerprint density at radius 1 is 0.956 bits per heavy atom. The second-order valence-electron chi connectivity index (χ2n) is 11.9. The van der Waals surface area contributed by atoms with Crippen molar-refractivity contribution in [1.29, 1.82) is 0 Å². The molecule has 5 aromatic heterocycles. The SMILES string of the molecule is CS(=O)(=O)CCc1cc(F)cc(-c2ccnc3nc(-c4[nH]nc5ncc(-c6cncc(CNCC7CCCC7)c6)cc45)[nH]c23)c1. The number of aromatic nitrogens is 7. The molecule has 0 radical (unpaired) electrons. The number of hydrogen-bond acceptors (Lipinski definition) is 8. The van der Waals surface area contributed by atoms with Crippen molar-refractivity contribution in [3.05, 3.63) is 78.1 Å². The number of halogens is 1. The van der Waals surface area contributed by atoms with Gasteiger partial charge in [0.15, 0.2) is 17.1 Å². The molecule has 12 heteroatoms. The lowest BCUT2D eigenvalue weighted by Crippen LogP contribution is -2.20. The first-order chi connectivity index (χ1) is 21.8. The third-order valence-corrected chi connectivity index (χ3v) is 9.38. The van der Waals surface area contributed by atoms with Gasteiger partial charge in [-0.15, -0.1) is 0 Å². The van der Waals surface area contributed by atoms with Crippen molar-refractivity contribution in [2.24, 2.45) is 5.92 Å². The van der Waals surface area contributed by atoms with Gasteiger partial charge < -0.3 is 10.3 Å². The number of nitrogens with zero attached hydrogens (tertiary/aromatic N) is 5. The fourth-order valence-electron chi connectivity index (χ4n) is 6.14. The largest absolute Gasteiger partial charge is 0.335 e. The molecule has 3 N–H and O–H groups in total. The number of imidazole rings is 1. The Morgan fingerprint density at radius 3 is 2.62 bits per heavy atom. The molecule has 1 aromatic carbocycles. The maximum atomic E-state index is 14.6. The second-order valence-corrected chi connectivity index (χ2v) is 14.2. The Labute approximate surface area is 259 Å². The van der Waals surface area contributed by atoms with Crippen LogP contribution in [0.4, 0.5) is 4.39 Å². The zero-order valence-corrected chi connectivity index (χ0v) is 25.7. The maximum absolute atomic E-state index is 14.6. The average Bonchev–Trinajstić information content (AvgIpc) is 3.79. The van der Waals surface area contributed by atoms with E-state index in [1.54, 1.807) is 24.5 Å². The van der Waals surface area contributed by atoms with Crippen molar-refractivity contribution in [3.8, 4) is 33.8 Å². The minimum Gasteiger partial charge on any atom is -0.335 e. The lowest BCUT2D eigenvalue weighted by molar-refractivity contribution is 0.489. The molecule has 1 fully saturated rings. The van der Waals surface area contributed by atoms with Gasteiger partial charge in [-0.1, -0.05) is 18.9 Å². The number of aryl methyl sites for hydroxylation is 1. The van der Waals surface area contributed by atoms with Gasteiger partial charge in [0.25, 0.3) is 0 Å². The van der Waals surface area contributed by atoms with Crippen LogP contribution in [0.25, 0.3) is 56.0 Å². The first-order valence-electron chi connectivity index (χ1n) is 15.1. The van der Waals surface area contributed by atoms with E-state index in [4.69, 9.17) is 4.98 Å². The van der Waals surface area contributed by atoms with Crippen LogP contribution in [0.5, 0.6) is 0 Å². The Morgan fingerprint density at radius 2 is 1.78 bits per heavy atom. The number of H-pyrrole nitrogens is 2. The molecule has 1 saturated carbocycles. The normalized spacial score (nSPS) is 14.2. The summed E-state index contributed by atoms with van der Waals surface area (Å²) in [5.41, 5.74) is 7.17. The van der Waals surface area contributed by atoms with E-state index in [9.17, 15) is 12.8 Å². The molecule has 45 heavy (non-hydrogen) atoms. The van der Waals surface area contributed by atoms with E-state index < -0.39 is 15.7 Å². The van der Waals surface area contributed by atoms with E-state index in [1.807, 2.05) is 18.5 Å². The molecule has 6 aromatic rings. The third-order valence-electron chi connectivity index (χ3n) is 8.43. The van der Waals surface area contributed by atoms with Gasteiger partial charge in [0.2, 0.25) is 0 Å². The Kier molecular flexibility index (Phi) is 7.84. The predicted molar refractivity (Wildman–Crippen MR) is 172 cm³/mol. The third kappa shape index (κ3) is 6.47. The Bertz CT molecular complexity index is 2120. The molecule has 0 amide bonds. The van der Waals surface area contributed by atoms with E-state index in [-0.39, 0.29) is 12.2 Å². The van der Waals surface area contributed by atoms with Crippen LogP contribution < -0.4 is 5.32 Å². The summed E-state index contributed by atoms with van der Waals surface area (Å²) in [6.45, 7) is 1.80. The van der Waals surface area contributed by atoms with Gasteiger partial charge in [0.1, 0.15) is 21.3 Å². The van der Waals surface area contributed by atoms with Crippen molar-refractivity contribution >= 4 is 32.0 Å². The number of nitrogens with one attached hydrogen (secondary N) is 3. The van der Waals surface area contributed by atoms with Crippen LogP contribution in [0.3, 0.4) is 0 Å². The number of fused-ring (bicyclic) bond motifs is 2. The van der Waals surface area contributed by atoms with Crippen LogP contribution >= 0.6 is 0 Å². The molecule has 0 unspecified atom stereocenters. The van der Waals surface area contributed by atoms with Crippen molar-refractivity contribution in [2.75, 3.05) is 18.6 Å². The van der Waals surface area contributed by atoms with E-state index in [1.165, 1.54) is 44.1 Å². The lowest BCUT2D eigenvalue weighted by Gasteiger charge is -2.11. The minimum atomic E-state index is -3.19. The fraction of sp³-hybridized carbons (Fsp3) is 0.303. The van der Waals surface area contributed by atoms with Gasteiger partial charge in [0.05, 0.1) is 16.7 Å². The van der Waals surface area contributed by atoms with E-state index in [2.05, 4.69) is 41.5 Å². The summed E-state index contributed by atoms with van der Waals surface area (Å²) < 4.78 is 38.0. The molecule has 1 aliphatic rings. The van der Waals surface area contributed by atoms with Gasteiger partial charge in [0, 0.05) is 54.3 Å². The summed E-state index contributed by atoms with van der Waals surface area (Å²) in [4.78, 5) is 21.6. The summed E-state index contributed by atoms with van der Waals surface area (Å²) >= 11 is 0. The van der Waals surface area contributed by atoms with E-state index in [0.717, 1.165) is 41.1 Å². The zero-order valence-electron chi connectivity index (χ0n) is 24.8. The molecule has 1 aliphatic carbocycles. The van der Waals surface area contributed by atoms with Crippen molar-refractivity contribution < 1.29 is 12.8 Å². The van der Waals surface area contributed by atoms with Crippen molar-refractivity contribution in [3.63, 3.8) is 0 Å². The number of rotatable bonds is 10. The Balaban J connectivity index is 1.19. The Hall–Kier alpha value is -4.55. The van der Waals surface area contributed by atoms with Crippen LogP contribution in [-0.2, 0) is 22.8 Å². The van der Waals surface area contributed by atoms with Crippen LogP contribution in [0.1, 0.15) is 36.8 Å². The monoisotopic (exact) mass is 624 g/mol. The summed E-state index contributed by atoms with van der Waals surface area (Å²) in [5, 5.41) is 11.8. The van der Waals surface area contributed by atoms with Gasteiger partial charge in [-0.25, -0.2) is 27.8 Å². The van der Waals surface area contributed by atoms with Crippen molar-refractivity contribution in [1.82, 2.24) is 40.4 Å². The van der Waals surface area contributed by atoms with Crippen LogP contribution in [-0.4, -0.2) is 62.1 Å². The summed E-state index contributed by atoms with van der Waals surface area (Å²) in [6.07, 6.45) is 13.8. The molecule has 0 atom stereocenters. The quantitative estimate of drug-likeness (QED) is 0.178. The highest BCUT2D eigenvalue weighted by Gasteiger charge is 2.18. The van der Waals surface area contributed by atoms with E-state index >= 15 is 0 Å². The second kappa shape index (κ2) is 12.1. The van der Waals surface area contributed by atoms with Crippen LogP contribution in [0, 0.1) is 11.7 Å². The first kappa shape index (κ1) is 29.2. The zero-order chi connectivity index (χ0) is 31.0. The standard InChI is InChI=1S/C33H33FN8O2S/c1-45(43,44)9-7-21-10-23(13-26(34)12-21)27-6-8-37-32-29(27)39-33(40-32)30-28-14-25(19-38-31(28)42-41-30)24-11-22(17-36-18-24)16-35-15-20-4-2-3-5-20/h6,8,10-14,17-20,35H,2-5,7,9,15-16H2,1H3,(H,37,39,40)(H,38,41,42). The molecule has 0 aliphatic heterocycles. The minimum absolute atomic E-state index is 0.0591. The van der Waals surface area contributed by atoms with Crippen molar-refractivity contribution in [2.45, 2.75) is 38.6 Å². The van der Waals surface area contributed by atoms with Gasteiger partial charge >= 0.3 is 0 Å². The van der Waals surface area contributed by atoms with Crippen LogP contribution in [0.15, 0.2) is 61.2 Å². The summed E-state index contributed by atoms with van der Waals surface area (Å²) in [5.74, 6) is 0.788. The molecule has 5 heterocycles. The highest BCUT2D eigenvalue weighted by Crippen LogP contribution is 2.33. The predicted octanol–water partition coefficient (Wildman–Crippen LogP) is 5.63. The number of pyridine rings is 3. The molecule has 230 valence electrons. The first-order valence-corrected chi connectivity index (χ1v) is 17.2. The molecule has 0 bridgehead atoms. The molecule has 7 rings (SSSR count). The van der Waals surface area contributed by atoms with E-state index in [0.29, 0.717) is 45.0 Å². The van der Waals surface area contributed by atoms with Gasteiger partial charge in [-0.3, -0.25) is 10.1 Å². The highest BCUT2D eigenvalue weighted by atomic mass is 32.2. The summed E-state index contributed by atoms with van der Waals surface area (Å²) in [6, 6.07) is 10.5. The molecule has 0 spiro atoms. The number of benzene rings is 1. The smallest absolute Gasteiger partial charge is 0.181 e. The van der Waals surface area contributed by atoms with Gasteiger partial charge in [-0.2, -0.15) is 5.10 Å². The average molecular weight is 625 g/mol. The topological polar surface area (TPSA) is 142 Å². The molecule has 0 saturated heterocycles. The molecular formula is C33H33FN8O2S. The number of sulfone groups is 1. The maximum Gasteiger partial charge on any atom is 0.181 e. The number of hydrogen-bond donors (Lipinski definition) is 3. The molecular weight excluding hydrogens is 591 g/mol. The highest BCUT2D eigenvalue weighted by molar-refractivity contribution is 7.90. The summed E-state index contributed by atoms with van der Waals surface area (Å²) in [7, 11) is -3.19. The lowest BCUT2D eigenvalue weighted by atomic mass is 10.0. The fourth-order valence-corrected chi connectivity index (χ4v) is 6.75. The van der Waals surface area contributed by atoms with Crippen LogP contribution in [0.2, 0.25) is 0 Å². The van der Waals surface area contributed by atoms with Gasteiger partial charge in [-0.05, 0) is 78.7 Å².